The molecule has 3 fully saturated rings. The lowest BCUT2D eigenvalue weighted by molar-refractivity contribution is 0.0690. The van der Waals surface area contributed by atoms with Crippen molar-refractivity contribution < 1.29 is 19.4 Å². The Balaban J connectivity index is 1.75. The van der Waals surface area contributed by atoms with Crippen LogP contribution in [0.4, 0.5) is 0 Å². The van der Waals surface area contributed by atoms with Gasteiger partial charge in [-0.15, -0.1) is 0 Å². The Morgan fingerprint density at radius 3 is 2.71 bits per heavy atom. The summed E-state index contributed by atoms with van der Waals surface area (Å²) < 4.78 is 13.0. The van der Waals surface area contributed by atoms with Crippen LogP contribution < -0.4 is 4.74 Å². The number of carbonyl (C=O) groups is 1. The molecule has 2 aromatic rings. The summed E-state index contributed by atoms with van der Waals surface area (Å²) in [7, 11) is 1.78. The molecule has 0 aliphatic heterocycles. The van der Waals surface area contributed by atoms with Crippen molar-refractivity contribution in [1.82, 2.24) is 9.38 Å². The van der Waals surface area contributed by atoms with Crippen molar-refractivity contribution in [1.29, 1.82) is 0 Å². The molecule has 0 radical (unpaired) electrons. The van der Waals surface area contributed by atoms with Crippen LogP contribution in [0.1, 0.15) is 49.2 Å². The van der Waals surface area contributed by atoms with Gasteiger partial charge < -0.3 is 19.0 Å². The zero-order valence-corrected chi connectivity index (χ0v) is 14.2. The summed E-state index contributed by atoms with van der Waals surface area (Å²) >= 11 is 0. The van der Waals surface area contributed by atoms with Gasteiger partial charge in [-0.25, -0.2) is 9.78 Å². The van der Waals surface area contributed by atoms with Gasteiger partial charge in [-0.1, -0.05) is 0 Å². The quantitative estimate of drug-likeness (QED) is 0.912. The topological polar surface area (TPSA) is 73.1 Å². The first-order valence-electron chi connectivity index (χ1n) is 8.38. The van der Waals surface area contributed by atoms with E-state index in [-0.39, 0.29) is 17.1 Å². The van der Waals surface area contributed by atoms with Gasteiger partial charge in [0.15, 0.2) is 0 Å². The Labute approximate surface area is 140 Å². The summed E-state index contributed by atoms with van der Waals surface area (Å²) in [5, 5.41) is 9.45. The highest BCUT2D eigenvalue weighted by atomic mass is 16.5. The number of hydrogen-bond acceptors (Lipinski definition) is 4. The van der Waals surface area contributed by atoms with E-state index < -0.39 is 5.97 Å². The van der Waals surface area contributed by atoms with E-state index in [1.54, 1.807) is 23.8 Å². The number of pyridine rings is 1. The minimum atomic E-state index is -0.995. The molecule has 0 spiro atoms. The summed E-state index contributed by atoms with van der Waals surface area (Å²) in [6.07, 6.45) is 7.01. The molecule has 0 amide bonds. The molecule has 6 nitrogen and oxygen atoms in total. The van der Waals surface area contributed by atoms with Crippen LogP contribution in [0.2, 0.25) is 0 Å². The third-order valence-electron chi connectivity index (χ3n) is 5.42. The number of aromatic carboxylic acids is 1. The molecule has 5 rings (SSSR count). The molecule has 24 heavy (non-hydrogen) atoms. The molecule has 2 heterocycles. The first-order chi connectivity index (χ1) is 11.4. The summed E-state index contributed by atoms with van der Waals surface area (Å²) in [6.45, 7) is 3.76. The summed E-state index contributed by atoms with van der Waals surface area (Å²) in [6, 6.07) is 1.72. The predicted octanol–water partition coefficient (Wildman–Crippen LogP) is 2.89. The SMILES string of the molecule is COC1CC2(c3cn4cc(C(=O)O)c(OC(C)C)cc4n3)CC1C2. The van der Waals surface area contributed by atoms with Gasteiger partial charge in [0.25, 0.3) is 0 Å². The highest BCUT2D eigenvalue weighted by Crippen LogP contribution is 2.60. The van der Waals surface area contributed by atoms with Crippen LogP contribution in [0.3, 0.4) is 0 Å². The van der Waals surface area contributed by atoms with Gasteiger partial charge in [0, 0.05) is 31.0 Å². The maximum Gasteiger partial charge on any atom is 0.341 e. The fourth-order valence-corrected chi connectivity index (χ4v) is 4.30. The molecule has 1 N–H and O–H groups in total. The lowest BCUT2D eigenvalue weighted by Gasteiger charge is -2.36. The zero-order chi connectivity index (χ0) is 17.1. The van der Waals surface area contributed by atoms with Crippen molar-refractivity contribution in [3.05, 3.63) is 29.7 Å². The maximum absolute atomic E-state index is 11.5. The molecule has 2 bridgehead atoms. The molecule has 1 atom stereocenters. The number of hydrogen-bond donors (Lipinski definition) is 1. The molecule has 0 aromatic carbocycles. The van der Waals surface area contributed by atoms with Gasteiger partial charge in [0.1, 0.15) is 17.0 Å². The van der Waals surface area contributed by atoms with Crippen LogP contribution in [0.15, 0.2) is 18.5 Å². The number of aromatic nitrogens is 2. The Hall–Kier alpha value is -2.08. The normalized spacial score (nSPS) is 28.3. The maximum atomic E-state index is 11.5. The number of rotatable bonds is 5. The van der Waals surface area contributed by atoms with Gasteiger partial charge in [0.05, 0.1) is 17.9 Å². The molecular weight excluding hydrogens is 308 g/mol. The van der Waals surface area contributed by atoms with Crippen LogP contribution in [-0.2, 0) is 10.2 Å². The second-order valence-electron chi connectivity index (χ2n) is 7.34. The highest BCUT2D eigenvalue weighted by molar-refractivity contribution is 5.91. The number of carboxylic acid groups (broad SMARTS) is 1. The smallest absolute Gasteiger partial charge is 0.341 e. The van der Waals surface area contributed by atoms with Crippen LogP contribution in [0.5, 0.6) is 5.75 Å². The summed E-state index contributed by atoms with van der Waals surface area (Å²) in [4.78, 5) is 16.3. The Kier molecular flexibility index (Phi) is 3.35. The van der Waals surface area contributed by atoms with Gasteiger partial charge >= 0.3 is 5.97 Å². The van der Waals surface area contributed by atoms with Crippen molar-refractivity contribution in [2.24, 2.45) is 5.92 Å². The van der Waals surface area contributed by atoms with Crippen molar-refractivity contribution in [2.75, 3.05) is 7.11 Å². The zero-order valence-electron chi connectivity index (χ0n) is 14.2. The third-order valence-corrected chi connectivity index (χ3v) is 5.42. The second-order valence-corrected chi connectivity index (χ2v) is 7.34. The highest BCUT2D eigenvalue weighted by Gasteiger charge is 2.58. The lowest BCUT2D eigenvalue weighted by Crippen LogP contribution is -2.33. The number of fused-ring (bicyclic) bond motifs is 2. The molecule has 128 valence electrons. The molecule has 1 unspecified atom stereocenters. The molecular formula is C18H22N2O4. The summed E-state index contributed by atoms with van der Waals surface area (Å²) in [5.74, 6) is 0.00605. The van der Waals surface area contributed by atoms with Crippen molar-refractivity contribution in [2.45, 2.75) is 50.7 Å². The molecule has 6 heteroatoms. The van der Waals surface area contributed by atoms with E-state index in [9.17, 15) is 9.90 Å². The number of nitrogens with zero attached hydrogens (tertiary/aromatic N) is 2. The monoisotopic (exact) mass is 330 g/mol. The van der Waals surface area contributed by atoms with Crippen molar-refractivity contribution in [3.63, 3.8) is 0 Å². The van der Waals surface area contributed by atoms with Crippen LogP contribution in [0, 0.1) is 5.92 Å². The van der Waals surface area contributed by atoms with E-state index in [4.69, 9.17) is 14.5 Å². The fraction of sp³-hybridized carbons (Fsp3) is 0.556. The van der Waals surface area contributed by atoms with Crippen molar-refractivity contribution >= 4 is 11.6 Å². The lowest BCUT2D eigenvalue weighted by atomic mass is 9.68. The van der Waals surface area contributed by atoms with Gasteiger partial charge in [0.2, 0.25) is 0 Å². The number of imidazole rings is 1. The Morgan fingerprint density at radius 1 is 1.38 bits per heavy atom. The van der Waals surface area contributed by atoms with E-state index in [1.165, 1.54) is 0 Å². The van der Waals surface area contributed by atoms with Crippen molar-refractivity contribution in [3.8, 4) is 5.75 Å². The van der Waals surface area contributed by atoms with E-state index in [2.05, 4.69) is 0 Å². The third kappa shape index (κ3) is 2.20. The molecule has 3 saturated carbocycles. The van der Waals surface area contributed by atoms with Crippen LogP contribution in [0.25, 0.3) is 5.65 Å². The second kappa shape index (κ2) is 5.21. The van der Waals surface area contributed by atoms with Gasteiger partial charge in [-0.3, -0.25) is 0 Å². The van der Waals surface area contributed by atoms with Gasteiger partial charge in [-0.2, -0.15) is 0 Å². The average Bonchev–Trinajstić information content (AvgIpc) is 3.14. The minimum Gasteiger partial charge on any atom is -0.490 e. The predicted molar refractivity (Wildman–Crippen MR) is 87.7 cm³/mol. The molecule has 3 aliphatic carbocycles. The van der Waals surface area contributed by atoms with Gasteiger partial charge in [-0.05, 0) is 39.0 Å². The Bertz CT molecular complexity index is 805. The van der Waals surface area contributed by atoms with E-state index >= 15 is 0 Å². The fourth-order valence-electron chi connectivity index (χ4n) is 4.30. The molecule has 0 saturated heterocycles. The number of ether oxygens (including phenoxy) is 2. The molecule has 3 aliphatic rings. The Morgan fingerprint density at radius 2 is 2.12 bits per heavy atom. The number of methoxy groups -OCH3 is 1. The first-order valence-corrected chi connectivity index (χ1v) is 8.38. The van der Waals surface area contributed by atoms with E-state index in [0.29, 0.717) is 17.8 Å². The van der Waals surface area contributed by atoms with E-state index in [1.807, 2.05) is 20.0 Å². The largest absolute Gasteiger partial charge is 0.490 e. The first kappa shape index (κ1) is 15.4. The van der Waals surface area contributed by atoms with E-state index in [0.717, 1.165) is 30.6 Å². The summed E-state index contributed by atoms with van der Waals surface area (Å²) in [5.41, 5.74) is 2.02. The average molecular weight is 330 g/mol. The van der Waals surface area contributed by atoms with Crippen LogP contribution in [-0.4, -0.2) is 39.8 Å². The minimum absolute atomic E-state index is 0.0942. The standard InChI is InChI=1S/C18H22N2O4/c1-10(2)24-13-4-16-19-15(9-20(16)8-12(13)17(21)22)18-5-11(6-18)14(7-18)23-3/h4,8-11,14H,5-7H2,1-3H3,(H,21,22). The molecule has 2 aromatic heterocycles. The van der Waals surface area contributed by atoms with Crippen LogP contribution >= 0.6 is 0 Å². The number of carboxylic acids is 1.